The van der Waals surface area contributed by atoms with Crippen LogP contribution in [-0.4, -0.2) is 75.2 Å². The van der Waals surface area contributed by atoms with E-state index >= 15 is 0 Å². The number of hydrogen-bond donors (Lipinski definition) is 3. The minimum atomic E-state index is -0.664. The van der Waals surface area contributed by atoms with Crippen LogP contribution in [0.1, 0.15) is 31.7 Å². The molecule has 2 aromatic carbocycles. The summed E-state index contributed by atoms with van der Waals surface area (Å²) in [6.45, 7) is 11.7. The minimum absolute atomic E-state index is 0.134. The quantitative estimate of drug-likeness (QED) is 0.0763. The minimum Gasteiger partial charge on any atom is -0.494 e. The first kappa shape index (κ1) is 34.5. The Labute approximate surface area is 288 Å². The van der Waals surface area contributed by atoms with Gasteiger partial charge in [0.1, 0.15) is 27.9 Å². The smallest absolute Gasteiger partial charge is 0.270 e. The van der Waals surface area contributed by atoms with Crippen LogP contribution in [0.3, 0.4) is 0 Å². The molecule has 3 amide bonds. The maximum Gasteiger partial charge on any atom is 0.270 e. The molecule has 3 heterocycles. The van der Waals surface area contributed by atoms with E-state index in [0.29, 0.717) is 54.8 Å². The molecule has 0 saturated carbocycles. The third-order valence-corrected chi connectivity index (χ3v) is 11.5. The number of thioether (sulfide) groups is 1. The zero-order valence-electron chi connectivity index (χ0n) is 25.8. The van der Waals surface area contributed by atoms with Crippen molar-refractivity contribution >= 4 is 100 Å². The van der Waals surface area contributed by atoms with Crippen molar-refractivity contribution in [3.63, 3.8) is 0 Å². The summed E-state index contributed by atoms with van der Waals surface area (Å²) >= 11 is 2.96. The van der Waals surface area contributed by atoms with E-state index in [0.717, 1.165) is 36.9 Å². The van der Waals surface area contributed by atoms with E-state index in [4.69, 9.17) is 16.3 Å². The van der Waals surface area contributed by atoms with Gasteiger partial charge in [0.05, 0.1) is 16.8 Å². The van der Waals surface area contributed by atoms with Crippen LogP contribution in [-0.2, 0) is 14.4 Å². The number of rotatable bonds is 15. The zero-order chi connectivity index (χ0) is 33.2. The fraction of sp³-hybridized carbons (Fsp3) is 0.344. The molecule has 0 bridgehead atoms. The number of nitrogens with one attached hydrogen (secondary N) is 3. The number of anilines is 1. The van der Waals surface area contributed by atoms with Crippen molar-refractivity contribution in [1.82, 2.24) is 20.6 Å². The van der Waals surface area contributed by atoms with Gasteiger partial charge in [-0.15, -0.1) is 28.1 Å². The van der Waals surface area contributed by atoms with Crippen LogP contribution >= 0.6 is 44.7 Å². The summed E-state index contributed by atoms with van der Waals surface area (Å²) in [4.78, 5) is 54.6. The SMILES string of the molecule is [C-]#[N+]c1ccc2cc(OCCCNC(=O)[C@H]3CSC(c4nc5ccc(NC(=O)[C@@H](C)NC(=O)CCSSCC)cc5s4)=N3)ccc2n1. The largest absolute Gasteiger partial charge is 0.494 e. The molecule has 0 saturated heterocycles. The summed E-state index contributed by atoms with van der Waals surface area (Å²) in [6, 6.07) is 13.4. The molecule has 5 rings (SSSR count). The Morgan fingerprint density at radius 1 is 1.11 bits per heavy atom. The Bertz CT molecular complexity index is 1840. The van der Waals surface area contributed by atoms with Gasteiger partial charge in [-0.2, -0.15) is 0 Å². The lowest BCUT2D eigenvalue weighted by molar-refractivity contribution is -0.125. The Morgan fingerprint density at radius 3 is 2.79 bits per heavy atom. The van der Waals surface area contributed by atoms with Gasteiger partial charge in [-0.1, -0.05) is 41.2 Å². The summed E-state index contributed by atoms with van der Waals surface area (Å²) in [6.07, 6.45) is 0.998. The van der Waals surface area contributed by atoms with E-state index in [9.17, 15) is 14.4 Å². The van der Waals surface area contributed by atoms with Crippen LogP contribution in [0.4, 0.5) is 11.5 Å². The van der Waals surface area contributed by atoms with E-state index in [-0.39, 0.29) is 17.7 Å². The number of benzene rings is 2. The van der Waals surface area contributed by atoms with E-state index < -0.39 is 12.1 Å². The molecule has 3 N–H and O–H groups in total. The number of thiazole rings is 1. The number of fused-ring (bicyclic) bond motifs is 2. The summed E-state index contributed by atoms with van der Waals surface area (Å²) in [7, 11) is 3.36. The lowest BCUT2D eigenvalue weighted by Crippen LogP contribution is -2.41. The van der Waals surface area contributed by atoms with Crippen LogP contribution in [0.5, 0.6) is 5.75 Å². The van der Waals surface area contributed by atoms with Crippen LogP contribution in [0.2, 0.25) is 0 Å². The molecule has 0 aliphatic carbocycles. The van der Waals surface area contributed by atoms with Crippen molar-refractivity contribution in [2.24, 2.45) is 4.99 Å². The summed E-state index contributed by atoms with van der Waals surface area (Å²) in [5.41, 5.74) is 2.13. The van der Waals surface area contributed by atoms with E-state index in [1.54, 1.807) is 40.6 Å². The second-order valence-electron chi connectivity index (χ2n) is 10.3. The number of ether oxygens (including phenoxy) is 1. The van der Waals surface area contributed by atoms with Gasteiger partial charge >= 0.3 is 0 Å². The topological polar surface area (TPSA) is 139 Å². The number of pyridine rings is 1. The highest BCUT2D eigenvalue weighted by molar-refractivity contribution is 8.76. The van der Waals surface area contributed by atoms with Gasteiger partial charge in [0, 0.05) is 41.3 Å². The number of carbonyl (C=O) groups is 3. The molecule has 1 aliphatic rings. The first-order valence-electron chi connectivity index (χ1n) is 15.0. The fourth-order valence-corrected chi connectivity index (χ4v) is 8.23. The predicted octanol–water partition coefficient (Wildman–Crippen LogP) is 6.08. The fourth-order valence-electron chi connectivity index (χ4n) is 4.46. The molecule has 0 radical (unpaired) electrons. The standard InChI is InChI=1S/C32H33N7O4S4/c1-4-45-46-15-12-28(40)35-19(2)29(41)36-21-7-9-24-26(17-21)47-32(38-24)31-39-25(18-44-31)30(42)34-13-5-14-43-22-8-10-23-20(16-22)6-11-27(33-3)37-23/h6-11,16-17,19,25H,4-5,12-15,18H2,1-2H3,(H,34,42)(H,35,40)(H,36,41)/t19-,25-/m1/s1. The summed E-state index contributed by atoms with van der Waals surface area (Å²) in [5.74, 6) is 2.71. The van der Waals surface area contributed by atoms with Crippen LogP contribution in [0.25, 0.3) is 26.0 Å². The monoisotopic (exact) mass is 707 g/mol. The highest BCUT2D eigenvalue weighted by Crippen LogP contribution is 2.31. The summed E-state index contributed by atoms with van der Waals surface area (Å²) in [5, 5.41) is 10.9. The molecular weight excluding hydrogens is 675 g/mol. The van der Waals surface area contributed by atoms with E-state index in [1.165, 1.54) is 23.1 Å². The second-order valence-corrected chi connectivity index (χ2v) is 15.3. The number of amides is 3. The first-order chi connectivity index (χ1) is 22.8. The van der Waals surface area contributed by atoms with Gasteiger partial charge in [0.15, 0.2) is 5.52 Å². The molecule has 15 heteroatoms. The number of hydrogen-bond acceptors (Lipinski definition) is 11. The first-order valence-corrected chi connectivity index (χ1v) is 19.3. The molecule has 2 atom stereocenters. The molecule has 11 nitrogen and oxygen atoms in total. The molecule has 4 aromatic rings. The highest BCUT2D eigenvalue weighted by atomic mass is 33.1. The van der Waals surface area contributed by atoms with Gasteiger partial charge in [-0.25, -0.2) is 4.98 Å². The van der Waals surface area contributed by atoms with Crippen molar-refractivity contribution in [3.8, 4) is 5.75 Å². The second kappa shape index (κ2) is 16.8. The number of carbonyl (C=O) groups excluding carboxylic acids is 3. The molecular formula is C32H33N7O4S4. The van der Waals surface area contributed by atoms with Gasteiger partial charge in [0.2, 0.25) is 17.7 Å². The summed E-state index contributed by atoms with van der Waals surface area (Å²) < 4.78 is 6.72. The van der Waals surface area contributed by atoms with Crippen molar-refractivity contribution in [3.05, 3.63) is 65.0 Å². The molecule has 2 aromatic heterocycles. The molecule has 244 valence electrons. The van der Waals surface area contributed by atoms with Gasteiger partial charge in [-0.05, 0) is 55.8 Å². The predicted molar refractivity (Wildman–Crippen MR) is 195 cm³/mol. The number of aromatic nitrogens is 2. The molecule has 47 heavy (non-hydrogen) atoms. The molecule has 0 fully saturated rings. The Hall–Kier alpha value is -3.84. The van der Waals surface area contributed by atoms with Crippen LogP contribution in [0.15, 0.2) is 53.5 Å². The average molecular weight is 708 g/mol. The maximum absolute atomic E-state index is 12.8. The zero-order valence-corrected chi connectivity index (χ0v) is 29.0. The van der Waals surface area contributed by atoms with Gasteiger partial charge < -0.3 is 25.5 Å². The molecule has 0 unspecified atom stereocenters. The maximum atomic E-state index is 12.8. The number of nitrogens with zero attached hydrogens (tertiary/aromatic N) is 4. The van der Waals surface area contributed by atoms with Crippen molar-refractivity contribution in [2.75, 3.05) is 35.7 Å². The number of aliphatic imine (C=N–C) groups is 1. The van der Waals surface area contributed by atoms with Crippen LogP contribution in [0, 0.1) is 6.57 Å². The van der Waals surface area contributed by atoms with Gasteiger partial charge in [-0.3, -0.25) is 19.4 Å². The van der Waals surface area contributed by atoms with Crippen LogP contribution < -0.4 is 20.7 Å². The average Bonchev–Trinajstić information content (AvgIpc) is 3.74. The van der Waals surface area contributed by atoms with E-state index in [2.05, 4.69) is 37.7 Å². The molecule has 1 aliphatic heterocycles. The third-order valence-electron chi connectivity index (χ3n) is 6.83. The Morgan fingerprint density at radius 2 is 1.96 bits per heavy atom. The van der Waals surface area contributed by atoms with E-state index in [1.807, 2.05) is 36.4 Å². The van der Waals surface area contributed by atoms with Crippen molar-refractivity contribution in [1.29, 1.82) is 0 Å². The Balaban J connectivity index is 1.07. The normalized spacial score (nSPS) is 14.7. The van der Waals surface area contributed by atoms with Gasteiger partial charge in [0.25, 0.3) is 5.82 Å². The lowest BCUT2D eigenvalue weighted by Gasteiger charge is -2.14. The molecule has 0 spiro atoms. The Kier molecular flexibility index (Phi) is 12.3. The third kappa shape index (κ3) is 9.60. The highest BCUT2D eigenvalue weighted by Gasteiger charge is 2.27. The lowest BCUT2D eigenvalue weighted by atomic mass is 10.2. The van der Waals surface area contributed by atoms with Crippen molar-refractivity contribution in [2.45, 2.75) is 38.8 Å². The van der Waals surface area contributed by atoms with Crippen molar-refractivity contribution < 1.29 is 19.1 Å².